The first-order valence-corrected chi connectivity index (χ1v) is 6.33. The molecule has 0 saturated carbocycles. The van der Waals surface area contributed by atoms with Gasteiger partial charge in [-0.1, -0.05) is 50.6 Å². The molecule has 1 aromatic carbocycles. The van der Waals surface area contributed by atoms with Crippen molar-refractivity contribution >= 4 is 12.2 Å². The summed E-state index contributed by atoms with van der Waals surface area (Å²) in [5.74, 6) is 1.53. The van der Waals surface area contributed by atoms with Crippen LogP contribution in [0.4, 0.5) is 0 Å². The van der Waals surface area contributed by atoms with Gasteiger partial charge in [0.15, 0.2) is 10.6 Å². The van der Waals surface area contributed by atoms with Crippen LogP contribution in [0.1, 0.15) is 20.3 Å². The van der Waals surface area contributed by atoms with Crippen molar-refractivity contribution in [2.45, 2.75) is 26.8 Å². The molecule has 1 heterocycles. The molecule has 0 radical (unpaired) electrons. The van der Waals surface area contributed by atoms with Crippen molar-refractivity contribution in [2.24, 2.45) is 5.92 Å². The van der Waals surface area contributed by atoms with E-state index in [0.29, 0.717) is 10.7 Å². The summed E-state index contributed by atoms with van der Waals surface area (Å²) in [4.78, 5) is 0. The maximum Gasteiger partial charge on any atom is 0.195 e. The third-order valence-electron chi connectivity index (χ3n) is 2.98. The van der Waals surface area contributed by atoms with Crippen molar-refractivity contribution in [3.8, 4) is 11.4 Å². The Balaban J connectivity index is 2.39. The summed E-state index contributed by atoms with van der Waals surface area (Å²) in [6.45, 7) is 5.33. The molecule has 0 aliphatic carbocycles. The smallest absolute Gasteiger partial charge is 0.195 e. The summed E-state index contributed by atoms with van der Waals surface area (Å²) < 4.78 is 2.78. The SMILES string of the molecule is CCC(C)Cn1c(-c2ccccc2)n[nH]c1=S. The minimum atomic E-state index is 0.599. The van der Waals surface area contributed by atoms with Crippen molar-refractivity contribution in [1.82, 2.24) is 14.8 Å². The minimum Gasteiger partial charge on any atom is -0.300 e. The Morgan fingerprint density at radius 3 is 2.71 bits per heavy atom. The van der Waals surface area contributed by atoms with Crippen molar-refractivity contribution in [2.75, 3.05) is 0 Å². The monoisotopic (exact) mass is 247 g/mol. The number of aromatic nitrogens is 3. The van der Waals surface area contributed by atoms with Gasteiger partial charge in [-0.05, 0) is 18.1 Å². The molecular weight excluding hydrogens is 230 g/mol. The van der Waals surface area contributed by atoms with Gasteiger partial charge < -0.3 is 0 Å². The van der Waals surface area contributed by atoms with Gasteiger partial charge >= 0.3 is 0 Å². The lowest BCUT2D eigenvalue weighted by atomic mass is 10.1. The van der Waals surface area contributed by atoms with E-state index in [-0.39, 0.29) is 0 Å². The average Bonchev–Trinajstić information content (AvgIpc) is 2.72. The average molecular weight is 247 g/mol. The van der Waals surface area contributed by atoms with Gasteiger partial charge in [-0.3, -0.25) is 9.67 Å². The maximum absolute atomic E-state index is 5.28. The number of rotatable bonds is 4. The second kappa shape index (κ2) is 5.27. The van der Waals surface area contributed by atoms with Crippen LogP contribution in [0.25, 0.3) is 11.4 Å². The highest BCUT2D eigenvalue weighted by atomic mass is 32.1. The summed E-state index contributed by atoms with van der Waals surface area (Å²) in [6, 6.07) is 10.1. The molecule has 0 saturated heterocycles. The van der Waals surface area contributed by atoms with Gasteiger partial charge in [0.2, 0.25) is 0 Å². The van der Waals surface area contributed by atoms with E-state index in [4.69, 9.17) is 12.2 Å². The lowest BCUT2D eigenvalue weighted by Crippen LogP contribution is -2.08. The Hall–Kier alpha value is -1.42. The van der Waals surface area contributed by atoms with Crippen LogP contribution in [0.15, 0.2) is 30.3 Å². The summed E-state index contributed by atoms with van der Waals surface area (Å²) >= 11 is 5.28. The Labute approximate surface area is 106 Å². The molecule has 17 heavy (non-hydrogen) atoms. The molecule has 2 aromatic rings. The molecule has 0 aliphatic rings. The van der Waals surface area contributed by atoms with E-state index in [1.54, 1.807) is 0 Å². The second-order valence-corrected chi connectivity index (χ2v) is 4.73. The standard InChI is InChI=1S/C13H17N3S/c1-3-10(2)9-16-12(14-15-13(16)17)11-7-5-4-6-8-11/h4-8,10H,3,9H2,1-2H3,(H,15,17). The largest absolute Gasteiger partial charge is 0.300 e. The molecule has 0 fully saturated rings. The highest BCUT2D eigenvalue weighted by Gasteiger charge is 2.10. The van der Waals surface area contributed by atoms with Gasteiger partial charge in [0.25, 0.3) is 0 Å². The molecule has 0 spiro atoms. The molecule has 4 heteroatoms. The predicted octanol–water partition coefficient (Wildman–Crippen LogP) is 3.65. The molecule has 1 unspecified atom stereocenters. The summed E-state index contributed by atoms with van der Waals surface area (Å²) in [5.41, 5.74) is 1.10. The Bertz CT molecular complexity index is 527. The zero-order valence-corrected chi connectivity index (χ0v) is 11.0. The topological polar surface area (TPSA) is 33.6 Å². The van der Waals surface area contributed by atoms with Crippen molar-refractivity contribution in [3.63, 3.8) is 0 Å². The fourth-order valence-electron chi connectivity index (χ4n) is 1.74. The number of benzene rings is 1. The number of nitrogens with one attached hydrogen (secondary N) is 1. The highest BCUT2D eigenvalue weighted by Crippen LogP contribution is 2.18. The van der Waals surface area contributed by atoms with Crippen LogP contribution < -0.4 is 0 Å². The summed E-state index contributed by atoms with van der Waals surface area (Å²) in [6.07, 6.45) is 1.14. The van der Waals surface area contributed by atoms with Gasteiger partial charge in [0.05, 0.1) is 0 Å². The summed E-state index contributed by atoms with van der Waals surface area (Å²) in [5, 5.41) is 7.20. The van der Waals surface area contributed by atoms with E-state index in [1.807, 2.05) is 18.2 Å². The lowest BCUT2D eigenvalue weighted by molar-refractivity contribution is 0.467. The molecule has 1 atom stereocenters. The van der Waals surface area contributed by atoms with E-state index in [1.165, 1.54) is 0 Å². The second-order valence-electron chi connectivity index (χ2n) is 4.34. The molecule has 1 N–H and O–H groups in total. The molecule has 0 aliphatic heterocycles. The van der Waals surface area contributed by atoms with E-state index in [9.17, 15) is 0 Å². The number of nitrogens with zero attached hydrogens (tertiary/aromatic N) is 2. The van der Waals surface area contributed by atoms with Crippen LogP contribution in [0, 0.1) is 10.7 Å². The molecule has 1 aromatic heterocycles. The van der Waals surface area contributed by atoms with Gasteiger partial charge in [-0.25, -0.2) is 0 Å². The number of H-pyrrole nitrogens is 1. The van der Waals surface area contributed by atoms with Gasteiger partial charge in [-0.15, -0.1) is 0 Å². The number of hydrogen-bond donors (Lipinski definition) is 1. The minimum absolute atomic E-state index is 0.599. The number of aromatic amines is 1. The molecular formula is C13H17N3S. The van der Waals surface area contributed by atoms with E-state index < -0.39 is 0 Å². The molecule has 0 amide bonds. The van der Waals surface area contributed by atoms with Crippen LogP contribution in [0.2, 0.25) is 0 Å². The Kier molecular flexibility index (Phi) is 3.74. The third kappa shape index (κ3) is 2.64. The maximum atomic E-state index is 5.28. The molecule has 90 valence electrons. The van der Waals surface area contributed by atoms with Crippen molar-refractivity contribution < 1.29 is 0 Å². The van der Waals surface area contributed by atoms with Gasteiger partial charge in [-0.2, -0.15) is 5.10 Å². The van der Waals surface area contributed by atoms with E-state index in [2.05, 4.69) is 40.7 Å². The Morgan fingerprint density at radius 2 is 2.06 bits per heavy atom. The van der Waals surface area contributed by atoms with Crippen LogP contribution in [-0.2, 0) is 6.54 Å². The molecule has 0 bridgehead atoms. The zero-order valence-electron chi connectivity index (χ0n) is 10.2. The Morgan fingerprint density at radius 1 is 1.35 bits per heavy atom. The third-order valence-corrected chi connectivity index (χ3v) is 3.29. The normalized spacial score (nSPS) is 12.6. The zero-order chi connectivity index (χ0) is 12.3. The fourth-order valence-corrected chi connectivity index (χ4v) is 1.94. The van der Waals surface area contributed by atoms with Crippen LogP contribution in [0.5, 0.6) is 0 Å². The van der Waals surface area contributed by atoms with E-state index >= 15 is 0 Å². The molecule has 3 nitrogen and oxygen atoms in total. The van der Waals surface area contributed by atoms with Crippen LogP contribution in [-0.4, -0.2) is 14.8 Å². The predicted molar refractivity (Wildman–Crippen MR) is 72.3 cm³/mol. The number of hydrogen-bond acceptors (Lipinski definition) is 2. The van der Waals surface area contributed by atoms with Gasteiger partial charge in [0, 0.05) is 12.1 Å². The molecule has 2 rings (SSSR count). The van der Waals surface area contributed by atoms with Crippen molar-refractivity contribution in [3.05, 3.63) is 35.1 Å². The van der Waals surface area contributed by atoms with Gasteiger partial charge in [0.1, 0.15) is 0 Å². The quantitative estimate of drug-likeness (QED) is 0.837. The fraction of sp³-hybridized carbons (Fsp3) is 0.385. The van der Waals surface area contributed by atoms with Crippen molar-refractivity contribution in [1.29, 1.82) is 0 Å². The van der Waals surface area contributed by atoms with E-state index in [0.717, 1.165) is 24.4 Å². The first kappa shape index (κ1) is 12.0. The lowest BCUT2D eigenvalue weighted by Gasteiger charge is -2.11. The first-order valence-electron chi connectivity index (χ1n) is 5.93. The van der Waals surface area contributed by atoms with Crippen LogP contribution >= 0.6 is 12.2 Å². The van der Waals surface area contributed by atoms with Crippen LogP contribution in [0.3, 0.4) is 0 Å². The summed E-state index contributed by atoms with van der Waals surface area (Å²) in [7, 11) is 0. The highest BCUT2D eigenvalue weighted by molar-refractivity contribution is 7.71. The first-order chi connectivity index (χ1) is 8.22.